The van der Waals surface area contributed by atoms with Crippen LogP contribution in [-0.2, 0) is 4.43 Å². The number of carbonyl (C=O) groups excluding carboxylic acids is 1. The molecule has 1 aromatic rings. The molecule has 0 saturated carbocycles. The van der Waals surface area contributed by atoms with Gasteiger partial charge in [-0.3, -0.25) is 10.2 Å². The molecule has 1 rings (SSSR count). The molecule has 3 N–H and O–H groups in total. The summed E-state index contributed by atoms with van der Waals surface area (Å²) in [6, 6.07) is 7.44. The molecule has 4 nitrogen and oxygen atoms in total. The van der Waals surface area contributed by atoms with Crippen molar-refractivity contribution in [2.75, 3.05) is 0 Å². The van der Waals surface area contributed by atoms with Gasteiger partial charge in [-0.05, 0) is 36.2 Å². The van der Waals surface area contributed by atoms with Gasteiger partial charge in [-0.1, -0.05) is 32.9 Å². The topological polar surface area (TPSA) is 64.3 Å². The highest BCUT2D eigenvalue weighted by Gasteiger charge is 2.27. The molecule has 1 atom stereocenters. The van der Waals surface area contributed by atoms with Crippen LogP contribution in [0.4, 0.5) is 0 Å². The van der Waals surface area contributed by atoms with Crippen molar-refractivity contribution in [2.45, 2.75) is 40.0 Å². The summed E-state index contributed by atoms with van der Waals surface area (Å²) in [5, 5.41) is 0. The molecule has 106 valence electrons. The van der Waals surface area contributed by atoms with Gasteiger partial charge in [-0.25, -0.2) is 5.84 Å². The Balaban J connectivity index is 3.01. The Bertz CT molecular complexity index is 424. The fourth-order valence-electron chi connectivity index (χ4n) is 1.95. The number of nitrogen functional groups attached to an aromatic ring is 1. The highest BCUT2D eigenvalue weighted by molar-refractivity contribution is 6.48. The number of amides is 1. The third-order valence-electron chi connectivity index (χ3n) is 2.80. The first kappa shape index (κ1) is 15.9. The zero-order chi connectivity index (χ0) is 14.6. The number of hydrazine groups is 1. The maximum atomic E-state index is 11.4. The molecule has 1 unspecified atom stereocenters. The third kappa shape index (κ3) is 4.45. The summed E-state index contributed by atoms with van der Waals surface area (Å²) in [5.41, 5.74) is 3.81. The zero-order valence-corrected chi connectivity index (χ0v) is 13.5. The summed E-state index contributed by atoms with van der Waals surface area (Å²) in [7, 11) is -1.14. The van der Waals surface area contributed by atoms with Crippen LogP contribution in [0.5, 0.6) is 0 Å². The molecule has 0 radical (unpaired) electrons. The van der Waals surface area contributed by atoms with Crippen LogP contribution < -0.4 is 11.3 Å². The van der Waals surface area contributed by atoms with Gasteiger partial charge in [0.2, 0.25) is 0 Å². The van der Waals surface area contributed by atoms with Crippen LogP contribution in [0.25, 0.3) is 0 Å². The lowest BCUT2D eigenvalue weighted by molar-refractivity contribution is 0.0864. The molecule has 5 heteroatoms. The van der Waals surface area contributed by atoms with Gasteiger partial charge in [0.15, 0.2) is 9.04 Å². The zero-order valence-electron chi connectivity index (χ0n) is 12.4. The molecule has 1 aromatic carbocycles. The lowest BCUT2D eigenvalue weighted by Crippen LogP contribution is -2.30. The second kappa shape index (κ2) is 6.32. The molecule has 0 bridgehead atoms. The molecule has 19 heavy (non-hydrogen) atoms. The van der Waals surface area contributed by atoms with E-state index in [0.717, 1.165) is 5.56 Å². The van der Waals surface area contributed by atoms with Crippen LogP contribution in [0.15, 0.2) is 24.3 Å². The molecule has 0 fully saturated rings. The van der Waals surface area contributed by atoms with Gasteiger partial charge in [-0.2, -0.15) is 0 Å². The molecule has 0 aliphatic rings. The van der Waals surface area contributed by atoms with Crippen molar-refractivity contribution < 1.29 is 9.22 Å². The van der Waals surface area contributed by atoms with E-state index >= 15 is 0 Å². The average Bonchev–Trinajstić information content (AvgIpc) is 2.34. The van der Waals surface area contributed by atoms with Crippen molar-refractivity contribution >= 4 is 14.9 Å². The van der Waals surface area contributed by atoms with Gasteiger partial charge in [0, 0.05) is 5.56 Å². The SMILES string of the molecule is C[SiH](C)OC(c1ccc(C(=O)NN)cc1)C(C)(C)C. The molecular formula is C14H24N2O2Si. The van der Waals surface area contributed by atoms with Crippen molar-refractivity contribution in [2.24, 2.45) is 11.3 Å². The number of nitrogens with two attached hydrogens (primary N) is 1. The smallest absolute Gasteiger partial charge is 0.265 e. The summed E-state index contributed by atoms with van der Waals surface area (Å²) in [4.78, 5) is 11.4. The van der Waals surface area contributed by atoms with E-state index in [2.05, 4.69) is 39.3 Å². The van der Waals surface area contributed by atoms with Gasteiger partial charge in [0.1, 0.15) is 0 Å². The Labute approximate surface area is 117 Å². The van der Waals surface area contributed by atoms with Gasteiger partial charge in [0.05, 0.1) is 6.10 Å². The first-order chi connectivity index (χ1) is 8.75. The van der Waals surface area contributed by atoms with E-state index in [9.17, 15) is 4.79 Å². The highest BCUT2D eigenvalue weighted by Crippen LogP contribution is 2.36. The summed E-state index contributed by atoms with van der Waals surface area (Å²) >= 11 is 0. The molecule has 0 aliphatic heterocycles. The lowest BCUT2D eigenvalue weighted by atomic mass is 9.84. The van der Waals surface area contributed by atoms with Gasteiger partial charge in [-0.15, -0.1) is 0 Å². The van der Waals surface area contributed by atoms with Gasteiger partial charge < -0.3 is 4.43 Å². The fourth-order valence-corrected chi connectivity index (χ4v) is 3.06. The normalized spacial score (nSPS) is 13.4. The quantitative estimate of drug-likeness (QED) is 0.385. The molecule has 0 aliphatic carbocycles. The van der Waals surface area contributed by atoms with Crippen molar-refractivity contribution in [3.63, 3.8) is 0 Å². The van der Waals surface area contributed by atoms with E-state index in [1.807, 2.05) is 12.1 Å². The average molecular weight is 280 g/mol. The molecule has 0 heterocycles. The molecule has 0 aromatic heterocycles. The number of nitrogens with one attached hydrogen (secondary N) is 1. The number of rotatable bonds is 4. The van der Waals surface area contributed by atoms with Crippen LogP contribution in [0, 0.1) is 5.41 Å². The van der Waals surface area contributed by atoms with E-state index in [1.165, 1.54) is 0 Å². The van der Waals surface area contributed by atoms with Crippen LogP contribution in [0.2, 0.25) is 13.1 Å². The predicted molar refractivity (Wildman–Crippen MR) is 80.3 cm³/mol. The predicted octanol–water partition coefficient (Wildman–Crippen LogP) is 2.38. The van der Waals surface area contributed by atoms with Crippen LogP contribution in [0.3, 0.4) is 0 Å². The Morgan fingerprint density at radius 2 is 1.79 bits per heavy atom. The van der Waals surface area contributed by atoms with E-state index in [0.29, 0.717) is 5.56 Å². The van der Waals surface area contributed by atoms with E-state index in [-0.39, 0.29) is 17.4 Å². The molecule has 1 amide bonds. The summed E-state index contributed by atoms with van der Waals surface area (Å²) < 4.78 is 6.14. The van der Waals surface area contributed by atoms with E-state index in [1.54, 1.807) is 12.1 Å². The van der Waals surface area contributed by atoms with Crippen molar-refractivity contribution in [1.82, 2.24) is 5.43 Å². The molecule has 0 saturated heterocycles. The summed E-state index contributed by atoms with van der Waals surface area (Å²) in [6.45, 7) is 10.8. The van der Waals surface area contributed by atoms with Crippen LogP contribution in [-0.4, -0.2) is 14.9 Å². The second-order valence-electron chi connectivity index (χ2n) is 6.03. The Kier molecular flexibility index (Phi) is 5.28. The Morgan fingerprint density at radius 3 is 2.16 bits per heavy atom. The maximum absolute atomic E-state index is 11.4. The Hall–Kier alpha value is -1.17. The van der Waals surface area contributed by atoms with E-state index < -0.39 is 9.04 Å². The minimum absolute atomic E-state index is 0.0227. The first-order valence-electron chi connectivity index (χ1n) is 6.52. The summed E-state index contributed by atoms with van der Waals surface area (Å²) in [5.74, 6) is 4.84. The van der Waals surface area contributed by atoms with Crippen molar-refractivity contribution in [1.29, 1.82) is 0 Å². The largest absolute Gasteiger partial charge is 0.413 e. The lowest BCUT2D eigenvalue weighted by Gasteiger charge is -2.33. The van der Waals surface area contributed by atoms with Crippen LogP contribution >= 0.6 is 0 Å². The van der Waals surface area contributed by atoms with Crippen molar-refractivity contribution in [3.8, 4) is 0 Å². The highest BCUT2D eigenvalue weighted by atomic mass is 28.3. The number of carbonyl (C=O) groups is 1. The van der Waals surface area contributed by atoms with E-state index in [4.69, 9.17) is 10.3 Å². The summed E-state index contributed by atoms with van der Waals surface area (Å²) in [6.07, 6.45) is 0.0501. The number of hydrogen-bond acceptors (Lipinski definition) is 3. The minimum Gasteiger partial charge on any atom is -0.413 e. The minimum atomic E-state index is -1.14. The first-order valence-corrected chi connectivity index (χ1v) is 9.30. The fraction of sp³-hybridized carbons (Fsp3) is 0.500. The van der Waals surface area contributed by atoms with Crippen LogP contribution in [0.1, 0.15) is 42.8 Å². The third-order valence-corrected chi connectivity index (χ3v) is 3.62. The monoisotopic (exact) mass is 280 g/mol. The maximum Gasteiger partial charge on any atom is 0.265 e. The van der Waals surface area contributed by atoms with Gasteiger partial charge in [0.25, 0.3) is 5.91 Å². The standard InChI is InChI=1S/C14H24N2O2Si/c1-14(2,3)12(18-19(4)5)10-6-8-11(9-7-10)13(17)16-15/h6-9,12,19H,15H2,1-5H3,(H,16,17). The van der Waals surface area contributed by atoms with Crippen molar-refractivity contribution in [3.05, 3.63) is 35.4 Å². The van der Waals surface area contributed by atoms with Gasteiger partial charge >= 0.3 is 0 Å². The number of benzene rings is 1. The second-order valence-corrected chi connectivity index (χ2v) is 8.40. The Morgan fingerprint density at radius 1 is 1.26 bits per heavy atom. The number of hydrogen-bond donors (Lipinski definition) is 2. The molecule has 0 spiro atoms. The molecular weight excluding hydrogens is 256 g/mol.